The van der Waals surface area contributed by atoms with Crippen LogP contribution in [0.3, 0.4) is 0 Å². The third-order valence-electron chi connectivity index (χ3n) is 4.86. The van der Waals surface area contributed by atoms with E-state index in [1.807, 2.05) is 25.3 Å². The van der Waals surface area contributed by atoms with E-state index < -0.39 is 0 Å². The van der Waals surface area contributed by atoms with Crippen LogP contribution in [0.15, 0.2) is 22.7 Å². The number of aromatic amines is 1. The SMILES string of the molecule is Cc1ccc(-c2[nH]ncc2CN2CC[C@@H]3CCN[C@@H]3C2)o1. The Hall–Kier alpha value is -1.59. The van der Waals surface area contributed by atoms with Crippen molar-refractivity contribution >= 4 is 0 Å². The Balaban J connectivity index is 1.49. The summed E-state index contributed by atoms with van der Waals surface area (Å²) in [6, 6.07) is 4.69. The van der Waals surface area contributed by atoms with Gasteiger partial charge in [-0.2, -0.15) is 5.10 Å². The van der Waals surface area contributed by atoms with Crippen molar-refractivity contribution in [2.24, 2.45) is 5.92 Å². The van der Waals surface area contributed by atoms with Crippen LogP contribution in [-0.2, 0) is 6.54 Å². The monoisotopic (exact) mass is 286 g/mol. The second-order valence-electron chi connectivity index (χ2n) is 6.31. The Labute approximate surface area is 124 Å². The number of hydrogen-bond donors (Lipinski definition) is 2. The maximum Gasteiger partial charge on any atom is 0.152 e. The number of fused-ring (bicyclic) bond motifs is 1. The first kappa shape index (κ1) is 13.1. The third-order valence-corrected chi connectivity index (χ3v) is 4.86. The van der Waals surface area contributed by atoms with Gasteiger partial charge in [0.15, 0.2) is 5.76 Å². The predicted molar refractivity (Wildman–Crippen MR) is 80.8 cm³/mol. The Bertz CT molecular complexity index is 617. The molecule has 0 aliphatic carbocycles. The lowest BCUT2D eigenvalue weighted by Gasteiger charge is -2.34. The number of likely N-dealkylation sites (tertiary alicyclic amines) is 1. The van der Waals surface area contributed by atoms with Gasteiger partial charge in [-0.1, -0.05) is 0 Å². The van der Waals surface area contributed by atoms with E-state index in [0.29, 0.717) is 6.04 Å². The molecular formula is C16H22N4O. The maximum atomic E-state index is 5.72. The van der Waals surface area contributed by atoms with Crippen molar-refractivity contribution in [3.8, 4) is 11.5 Å². The topological polar surface area (TPSA) is 57.1 Å². The van der Waals surface area contributed by atoms with E-state index in [-0.39, 0.29) is 0 Å². The molecule has 0 bridgehead atoms. The molecule has 4 rings (SSSR count). The Kier molecular flexibility index (Phi) is 3.31. The van der Waals surface area contributed by atoms with E-state index in [2.05, 4.69) is 20.4 Å². The number of nitrogens with one attached hydrogen (secondary N) is 2. The molecule has 5 heteroatoms. The van der Waals surface area contributed by atoms with Crippen LogP contribution in [0.2, 0.25) is 0 Å². The molecule has 112 valence electrons. The van der Waals surface area contributed by atoms with Crippen molar-refractivity contribution in [3.05, 3.63) is 29.7 Å². The van der Waals surface area contributed by atoms with Gasteiger partial charge in [0.2, 0.25) is 0 Å². The molecule has 2 N–H and O–H groups in total. The highest BCUT2D eigenvalue weighted by atomic mass is 16.3. The van der Waals surface area contributed by atoms with E-state index >= 15 is 0 Å². The molecule has 0 spiro atoms. The summed E-state index contributed by atoms with van der Waals surface area (Å²) in [5.41, 5.74) is 2.24. The van der Waals surface area contributed by atoms with E-state index in [9.17, 15) is 0 Å². The van der Waals surface area contributed by atoms with Gasteiger partial charge in [0, 0.05) is 24.7 Å². The van der Waals surface area contributed by atoms with Gasteiger partial charge in [-0.25, -0.2) is 0 Å². The molecular weight excluding hydrogens is 264 g/mol. The lowest BCUT2D eigenvalue weighted by atomic mass is 9.92. The second kappa shape index (κ2) is 5.31. The molecule has 0 radical (unpaired) electrons. The van der Waals surface area contributed by atoms with Crippen LogP contribution in [0.25, 0.3) is 11.5 Å². The van der Waals surface area contributed by atoms with Gasteiger partial charge in [-0.3, -0.25) is 10.00 Å². The van der Waals surface area contributed by atoms with Crippen LogP contribution < -0.4 is 5.32 Å². The fourth-order valence-electron chi connectivity index (χ4n) is 3.70. The summed E-state index contributed by atoms with van der Waals surface area (Å²) >= 11 is 0. The van der Waals surface area contributed by atoms with Crippen LogP contribution >= 0.6 is 0 Å². The van der Waals surface area contributed by atoms with E-state index in [0.717, 1.165) is 36.2 Å². The number of nitrogens with zero attached hydrogens (tertiary/aromatic N) is 2. The maximum absolute atomic E-state index is 5.72. The summed E-state index contributed by atoms with van der Waals surface area (Å²) in [6.07, 6.45) is 4.59. The van der Waals surface area contributed by atoms with Gasteiger partial charge < -0.3 is 9.73 Å². The minimum absolute atomic E-state index is 0.681. The summed E-state index contributed by atoms with van der Waals surface area (Å²) in [6.45, 7) is 6.43. The van der Waals surface area contributed by atoms with Crippen molar-refractivity contribution in [3.63, 3.8) is 0 Å². The quantitative estimate of drug-likeness (QED) is 0.908. The summed E-state index contributed by atoms with van der Waals surface area (Å²) in [7, 11) is 0. The molecule has 2 atom stereocenters. The second-order valence-corrected chi connectivity index (χ2v) is 6.31. The number of aromatic nitrogens is 2. The van der Waals surface area contributed by atoms with Crippen LogP contribution in [-0.4, -0.2) is 40.8 Å². The standard InChI is InChI=1S/C16H22N4O/c1-11-2-3-15(21-11)16-13(8-18-19-16)9-20-7-5-12-4-6-17-14(12)10-20/h2-3,8,12,14,17H,4-7,9-10H2,1H3,(H,18,19)/t12-,14+/m0/s1. The Morgan fingerprint density at radius 2 is 2.33 bits per heavy atom. The summed E-state index contributed by atoms with van der Waals surface area (Å²) < 4.78 is 5.72. The smallest absolute Gasteiger partial charge is 0.152 e. The number of rotatable bonds is 3. The molecule has 2 aromatic heterocycles. The molecule has 2 aromatic rings. The first-order valence-corrected chi connectivity index (χ1v) is 7.84. The Morgan fingerprint density at radius 3 is 3.19 bits per heavy atom. The normalized spacial score (nSPS) is 26.1. The Morgan fingerprint density at radius 1 is 1.38 bits per heavy atom. The predicted octanol–water partition coefficient (Wildman–Crippen LogP) is 2.16. The number of H-pyrrole nitrogens is 1. The molecule has 0 unspecified atom stereocenters. The van der Waals surface area contributed by atoms with Gasteiger partial charge in [0.25, 0.3) is 0 Å². The minimum atomic E-state index is 0.681. The van der Waals surface area contributed by atoms with Crippen LogP contribution in [0.1, 0.15) is 24.2 Å². The lowest BCUT2D eigenvalue weighted by molar-refractivity contribution is 0.160. The van der Waals surface area contributed by atoms with Crippen molar-refractivity contribution < 1.29 is 4.42 Å². The fourth-order valence-corrected chi connectivity index (χ4v) is 3.70. The summed E-state index contributed by atoms with van der Waals surface area (Å²) in [5, 5.41) is 10.9. The number of hydrogen-bond acceptors (Lipinski definition) is 4. The van der Waals surface area contributed by atoms with Crippen LogP contribution in [0, 0.1) is 12.8 Å². The fraction of sp³-hybridized carbons (Fsp3) is 0.562. The lowest BCUT2D eigenvalue weighted by Crippen LogP contribution is -2.45. The van der Waals surface area contributed by atoms with Gasteiger partial charge in [0.1, 0.15) is 11.5 Å². The van der Waals surface area contributed by atoms with Crippen molar-refractivity contribution in [2.75, 3.05) is 19.6 Å². The zero-order valence-corrected chi connectivity index (χ0v) is 12.4. The molecule has 2 aliphatic rings. The molecule has 2 aliphatic heterocycles. The summed E-state index contributed by atoms with van der Waals surface area (Å²) in [5.74, 6) is 2.70. The van der Waals surface area contributed by atoms with Crippen molar-refractivity contribution in [1.29, 1.82) is 0 Å². The molecule has 2 fully saturated rings. The van der Waals surface area contributed by atoms with E-state index in [4.69, 9.17) is 4.42 Å². The summed E-state index contributed by atoms with van der Waals surface area (Å²) in [4.78, 5) is 2.53. The molecule has 21 heavy (non-hydrogen) atoms. The average Bonchev–Trinajstić information content (AvgIpc) is 3.18. The van der Waals surface area contributed by atoms with Crippen LogP contribution in [0.4, 0.5) is 0 Å². The van der Waals surface area contributed by atoms with Crippen molar-refractivity contribution in [1.82, 2.24) is 20.4 Å². The zero-order valence-electron chi connectivity index (χ0n) is 12.4. The minimum Gasteiger partial charge on any atom is -0.460 e. The molecule has 0 saturated carbocycles. The first-order chi connectivity index (χ1) is 10.3. The number of piperidine rings is 1. The molecule has 5 nitrogen and oxygen atoms in total. The van der Waals surface area contributed by atoms with Crippen molar-refractivity contribution in [2.45, 2.75) is 32.4 Å². The van der Waals surface area contributed by atoms with Gasteiger partial charge >= 0.3 is 0 Å². The van der Waals surface area contributed by atoms with Gasteiger partial charge in [-0.05, 0) is 50.9 Å². The molecule has 4 heterocycles. The largest absolute Gasteiger partial charge is 0.460 e. The number of furan rings is 1. The molecule has 0 amide bonds. The van der Waals surface area contributed by atoms with Crippen LogP contribution in [0.5, 0.6) is 0 Å². The highest BCUT2D eigenvalue weighted by Crippen LogP contribution is 2.28. The zero-order chi connectivity index (χ0) is 14.2. The first-order valence-electron chi connectivity index (χ1n) is 7.84. The molecule has 2 saturated heterocycles. The van der Waals surface area contributed by atoms with Gasteiger partial charge in [-0.15, -0.1) is 0 Å². The van der Waals surface area contributed by atoms with E-state index in [1.165, 1.54) is 31.5 Å². The van der Waals surface area contributed by atoms with E-state index in [1.54, 1.807) is 0 Å². The average molecular weight is 286 g/mol. The highest BCUT2D eigenvalue weighted by Gasteiger charge is 2.32. The number of aryl methyl sites for hydroxylation is 1. The highest BCUT2D eigenvalue weighted by molar-refractivity contribution is 5.56. The molecule has 0 aromatic carbocycles. The third kappa shape index (κ3) is 2.51. The van der Waals surface area contributed by atoms with Gasteiger partial charge in [0.05, 0.1) is 6.20 Å².